The average molecular weight is 482 g/mol. The number of carbonyl (C=O) groups excluding carboxylic acids is 1. The Balaban J connectivity index is 1.71. The molecule has 2 aromatic carbocycles. The monoisotopic (exact) mass is 482 g/mol. The molecule has 0 unspecified atom stereocenters. The number of Topliss-reactive ketones (excluding diaryl/α,β-unsaturated/α-hetero) is 1. The van der Waals surface area contributed by atoms with Crippen LogP contribution in [-0.4, -0.2) is 21.8 Å². The van der Waals surface area contributed by atoms with Gasteiger partial charge in [0.05, 0.1) is 27.8 Å². The Morgan fingerprint density at radius 3 is 2.38 bits per heavy atom. The van der Waals surface area contributed by atoms with E-state index < -0.39 is 40.5 Å². The third-order valence-electron chi connectivity index (χ3n) is 4.69. The van der Waals surface area contributed by atoms with Crippen LogP contribution in [0.4, 0.5) is 13.2 Å². The van der Waals surface area contributed by atoms with E-state index in [1.165, 1.54) is 0 Å². The van der Waals surface area contributed by atoms with E-state index in [4.69, 9.17) is 0 Å². The van der Waals surface area contributed by atoms with E-state index in [1.54, 1.807) is 66.7 Å². The number of pyridine rings is 1. The van der Waals surface area contributed by atoms with Crippen LogP contribution in [-0.2, 0) is 6.18 Å². The first kappa shape index (κ1) is 23.0. The Morgan fingerprint density at radius 2 is 1.76 bits per heavy atom. The predicted molar refractivity (Wildman–Crippen MR) is 112 cm³/mol. The lowest BCUT2D eigenvalue weighted by molar-refractivity contribution is -0.672. The highest BCUT2D eigenvalue weighted by Gasteiger charge is 2.36. The van der Waals surface area contributed by atoms with Crippen LogP contribution in [0.5, 0.6) is 5.95 Å². The van der Waals surface area contributed by atoms with Gasteiger partial charge < -0.3 is 9.63 Å². The lowest BCUT2D eigenvalue weighted by Crippen LogP contribution is -2.39. The Kier molecular flexibility index (Phi) is 6.34. The van der Waals surface area contributed by atoms with Gasteiger partial charge in [-0.2, -0.15) is 18.4 Å². The molecule has 0 spiro atoms. The fourth-order valence-electron chi connectivity index (χ4n) is 3.14. The molecule has 170 valence electrons. The van der Waals surface area contributed by atoms with Crippen molar-refractivity contribution in [2.24, 2.45) is 0 Å². The lowest BCUT2D eigenvalue weighted by atomic mass is 10.1. The zero-order chi connectivity index (χ0) is 24.3. The quantitative estimate of drug-likeness (QED) is 0.233. The van der Waals surface area contributed by atoms with Gasteiger partial charge in [-0.15, -0.1) is 0 Å². The second kappa shape index (κ2) is 9.36. The molecule has 34 heavy (non-hydrogen) atoms. The molecule has 0 saturated heterocycles. The largest absolute Gasteiger partial charge is 0.539 e. The minimum Gasteiger partial charge on any atom is -0.539 e. The molecular formula is C23H13F3N4O3S. The molecule has 0 amide bonds. The van der Waals surface area contributed by atoms with E-state index in [1.807, 2.05) is 0 Å². The van der Waals surface area contributed by atoms with Gasteiger partial charge in [-0.3, -0.25) is 4.79 Å². The third-order valence-corrected chi connectivity index (χ3v) is 5.66. The summed E-state index contributed by atoms with van der Waals surface area (Å²) in [4.78, 5) is 17.1. The highest BCUT2D eigenvalue weighted by molar-refractivity contribution is 8.00. The third kappa shape index (κ3) is 4.62. The van der Waals surface area contributed by atoms with Crippen LogP contribution in [0.25, 0.3) is 16.9 Å². The Hall–Kier alpha value is -4.17. The normalized spacial score (nSPS) is 11.2. The topological polar surface area (TPSA) is 107 Å². The molecule has 0 aliphatic carbocycles. The van der Waals surface area contributed by atoms with Gasteiger partial charge >= 0.3 is 11.9 Å². The van der Waals surface area contributed by atoms with E-state index in [-0.39, 0.29) is 10.7 Å². The van der Waals surface area contributed by atoms with Crippen molar-refractivity contribution in [2.45, 2.75) is 11.2 Å². The van der Waals surface area contributed by atoms with Crippen LogP contribution in [0, 0.1) is 11.3 Å². The molecule has 0 fully saturated rings. The highest BCUT2D eigenvalue weighted by atomic mass is 32.2. The predicted octanol–water partition coefficient (Wildman–Crippen LogP) is 3.95. The molecule has 11 heteroatoms. The number of alkyl halides is 3. The number of nitriles is 1. The zero-order valence-electron chi connectivity index (χ0n) is 17.1. The molecular weight excluding hydrogens is 469 g/mol. The summed E-state index contributed by atoms with van der Waals surface area (Å²) in [7, 11) is 0. The van der Waals surface area contributed by atoms with Gasteiger partial charge in [-0.05, 0) is 10.7 Å². The first-order chi connectivity index (χ1) is 16.3. The minimum absolute atomic E-state index is 0.00397. The number of para-hydroxylation sites is 1. The van der Waals surface area contributed by atoms with E-state index in [2.05, 4.69) is 14.8 Å². The number of ketones is 1. The molecule has 0 N–H and O–H groups in total. The zero-order valence-corrected chi connectivity index (χ0v) is 17.9. The summed E-state index contributed by atoms with van der Waals surface area (Å²) in [6.07, 6.45) is -4.82. The average Bonchev–Trinajstić information content (AvgIpc) is 3.23. The van der Waals surface area contributed by atoms with Crippen molar-refractivity contribution in [3.63, 3.8) is 0 Å². The summed E-state index contributed by atoms with van der Waals surface area (Å²) in [6, 6.07) is 18.8. The van der Waals surface area contributed by atoms with Gasteiger partial charge in [-0.1, -0.05) is 60.3 Å². The number of nitrogens with zero attached hydrogens (tertiary/aromatic N) is 4. The van der Waals surface area contributed by atoms with Crippen molar-refractivity contribution in [3.05, 3.63) is 83.6 Å². The maximum atomic E-state index is 13.7. The molecule has 7 nitrogen and oxygen atoms in total. The summed E-state index contributed by atoms with van der Waals surface area (Å²) >= 11 is 0.625. The molecule has 4 rings (SSSR count). The van der Waals surface area contributed by atoms with Gasteiger partial charge in [0.25, 0.3) is 0 Å². The lowest BCUT2D eigenvalue weighted by Gasteiger charge is -2.14. The van der Waals surface area contributed by atoms with Crippen molar-refractivity contribution < 1.29 is 32.3 Å². The highest BCUT2D eigenvalue weighted by Crippen LogP contribution is 2.38. The maximum Gasteiger partial charge on any atom is 0.417 e. The van der Waals surface area contributed by atoms with Crippen LogP contribution < -0.4 is 9.79 Å². The number of carbonyl (C=O) groups is 1. The number of aromatic nitrogens is 3. The summed E-state index contributed by atoms with van der Waals surface area (Å²) in [5.41, 5.74) is -1.46. The SMILES string of the molecule is N#Cc1c(C(F)(F)F)cc(-c2ccccc2)nc1SCC(=O)c1c([O-])on[n+]1-c1ccccc1. The molecule has 0 radical (unpaired) electrons. The minimum atomic E-state index is -4.82. The number of rotatable bonds is 6. The first-order valence-corrected chi connectivity index (χ1v) is 10.7. The van der Waals surface area contributed by atoms with Gasteiger partial charge in [0.2, 0.25) is 11.5 Å². The smallest absolute Gasteiger partial charge is 0.417 e. The number of hydrogen-bond donors (Lipinski definition) is 0. The Bertz CT molecular complexity index is 1380. The van der Waals surface area contributed by atoms with Gasteiger partial charge in [0.15, 0.2) is 5.95 Å². The van der Waals surface area contributed by atoms with Crippen LogP contribution >= 0.6 is 11.8 Å². The van der Waals surface area contributed by atoms with E-state index in [0.29, 0.717) is 23.0 Å². The number of halogens is 3. The summed E-state index contributed by atoms with van der Waals surface area (Å²) < 4.78 is 46.8. The summed E-state index contributed by atoms with van der Waals surface area (Å²) in [5.74, 6) is -2.21. The molecule has 2 heterocycles. The van der Waals surface area contributed by atoms with Crippen LogP contribution in [0.1, 0.15) is 21.6 Å². The molecule has 0 saturated carbocycles. The number of thioether (sulfide) groups is 1. The molecule has 0 aliphatic heterocycles. The molecule has 0 bridgehead atoms. The van der Waals surface area contributed by atoms with E-state index >= 15 is 0 Å². The Labute approximate surface area is 195 Å². The molecule has 4 aromatic rings. The van der Waals surface area contributed by atoms with Crippen molar-refractivity contribution in [1.82, 2.24) is 10.3 Å². The second-order valence-electron chi connectivity index (χ2n) is 6.88. The molecule has 0 atom stereocenters. The summed E-state index contributed by atoms with van der Waals surface area (Å²) in [6.45, 7) is 0. The van der Waals surface area contributed by atoms with Crippen LogP contribution in [0.2, 0.25) is 0 Å². The molecule has 2 aromatic heterocycles. The second-order valence-corrected chi connectivity index (χ2v) is 7.84. The van der Waals surface area contributed by atoms with Gasteiger partial charge in [-0.25, -0.2) is 4.98 Å². The standard InChI is InChI=1S/C23H13F3N4O3S/c24-23(25,26)17-11-18(14-7-3-1-4-8-14)28-21(16(17)12-27)34-13-19(31)20-22(32)33-29-30(20)15-9-5-2-6-10-15/h1-11H,13H2. The van der Waals surface area contributed by atoms with E-state index in [0.717, 1.165) is 10.7 Å². The fraction of sp³-hybridized carbons (Fsp3) is 0.0870. The summed E-state index contributed by atoms with van der Waals surface area (Å²) in [5, 5.41) is 24.9. The Morgan fingerprint density at radius 1 is 1.12 bits per heavy atom. The van der Waals surface area contributed by atoms with Crippen molar-refractivity contribution in [3.8, 4) is 29.0 Å². The number of hydrogen-bond acceptors (Lipinski definition) is 7. The first-order valence-electron chi connectivity index (χ1n) is 9.67. The number of benzene rings is 2. The van der Waals surface area contributed by atoms with Crippen molar-refractivity contribution in [1.29, 1.82) is 5.26 Å². The van der Waals surface area contributed by atoms with Crippen molar-refractivity contribution >= 4 is 17.5 Å². The van der Waals surface area contributed by atoms with Gasteiger partial charge in [0, 0.05) is 17.7 Å². The van der Waals surface area contributed by atoms with Crippen LogP contribution in [0.15, 0.2) is 76.3 Å². The maximum absolute atomic E-state index is 13.7. The van der Waals surface area contributed by atoms with Crippen molar-refractivity contribution in [2.75, 3.05) is 5.75 Å². The van der Waals surface area contributed by atoms with Gasteiger partial charge in [0.1, 0.15) is 11.1 Å². The molecule has 0 aliphatic rings. The van der Waals surface area contributed by atoms with E-state index in [9.17, 15) is 28.3 Å². The fourth-order valence-corrected chi connectivity index (χ4v) is 4.01. The van der Waals surface area contributed by atoms with Crippen LogP contribution in [0.3, 0.4) is 0 Å².